The number of carbonyl (C=O) groups excluding carboxylic acids is 9. The number of cyclic esters (lactones) is 1. The van der Waals surface area contributed by atoms with Crippen LogP contribution < -0.4 is 31.7 Å². The topological polar surface area (TPSA) is 301 Å². The van der Waals surface area contributed by atoms with E-state index in [0.29, 0.717) is 42.2 Å². The summed E-state index contributed by atoms with van der Waals surface area (Å²) in [7, 11) is 7.59. The van der Waals surface area contributed by atoms with Gasteiger partial charge in [0.2, 0.25) is 5.91 Å². The lowest BCUT2D eigenvalue weighted by molar-refractivity contribution is -0.187. The highest BCUT2D eigenvalue weighted by Gasteiger charge is 2.63. The molecule has 486 valence electrons. The standard InChI is InChI=1S/C66H95ClN6O15/c1-38(2)48(35-47(74)23-15-13-14-16-25-52(75)44-21-18-22-44)61(79)72-50(24-19-29-71-64(68)82)53(76)34-45-27-28-46(33-49(45)60(78)70-9)62(80)73(10)41(5)63(81)86-42(6)65(7)59(88-65)40(4)55-36-66(83,37-57(77)87-55)56(85-12)26-17-20-39(3)30-43-31-51(69-8)58(67)54(32-43)84-11/h17,20,26-28,31-33,38,40-42,44,48,50,55-56,59,69,83H,13-16,18-19,21-25,29-30,34-37H2,1-12H3,(H,70,78)(H,72,79)(H3,68,71,82)/b26-17+,39-20+/t40-,41+,42+,48+,50+,55+,56-,59+,65+,66-/m1/s1. The number of urea groups is 1. The highest BCUT2D eigenvalue weighted by molar-refractivity contribution is 6.34. The molecule has 5 rings (SSSR count). The van der Waals surface area contributed by atoms with Gasteiger partial charge in [-0.05, 0) is 114 Å². The molecule has 0 unspecified atom stereocenters. The molecule has 5 amide bonds. The Balaban J connectivity index is 1.19. The minimum absolute atomic E-state index is 0.00400. The number of aliphatic hydroxyl groups is 1. The van der Waals surface area contributed by atoms with Crippen molar-refractivity contribution in [2.75, 3.05) is 47.2 Å². The van der Waals surface area contributed by atoms with Crippen molar-refractivity contribution in [3.05, 3.63) is 81.4 Å². The van der Waals surface area contributed by atoms with Gasteiger partial charge in [0, 0.05) is 95.8 Å². The summed E-state index contributed by atoms with van der Waals surface area (Å²) in [5.74, 6) is -3.98. The van der Waals surface area contributed by atoms with Crippen LogP contribution in [-0.2, 0) is 60.6 Å². The number of amides is 5. The molecule has 2 saturated heterocycles. The Kier molecular flexibility index (Phi) is 27.2. The van der Waals surface area contributed by atoms with Crippen molar-refractivity contribution in [1.29, 1.82) is 0 Å². The van der Waals surface area contributed by atoms with Crippen molar-refractivity contribution in [3.8, 4) is 5.75 Å². The lowest BCUT2D eigenvalue weighted by Gasteiger charge is -2.41. The lowest BCUT2D eigenvalue weighted by Crippen LogP contribution is -2.53. The van der Waals surface area contributed by atoms with Crippen molar-refractivity contribution >= 4 is 70.3 Å². The predicted molar refractivity (Wildman–Crippen MR) is 334 cm³/mol. The van der Waals surface area contributed by atoms with Gasteiger partial charge in [-0.3, -0.25) is 33.6 Å². The van der Waals surface area contributed by atoms with Crippen molar-refractivity contribution in [3.63, 3.8) is 0 Å². The molecule has 3 aliphatic rings. The summed E-state index contributed by atoms with van der Waals surface area (Å²) in [5.41, 5.74) is 5.60. The SMILES string of the molecule is CNC(=O)c1cc(C(=O)N(C)[C@@H](C)C(=O)O[C@@H](C)[C@]2(C)O[C@H]2[C@H](C)[C@@H]2C[C@](O)([C@@H](/C=C/C=C(\C)Cc3cc(NC)c(Cl)c(OC)c3)OC)CC(=O)O2)ccc1CC(=O)[C@H](CCCNC(N)=O)NC(=O)[C@@H](CC(=O)CCCCCCC(=O)C1CCC1)C(C)C. The van der Waals surface area contributed by atoms with Crippen LogP contribution in [0.1, 0.15) is 170 Å². The Labute approximate surface area is 523 Å². The summed E-state index contributed by atoms with van der Waals surface area (Å²) < 4.78 is 29.1. The van der Waals surface area contributed by atoms with Crippen LogP contribution in [0.15, 0.2) is 54.1 Å². The summed E-state index contributed by atoms with van der Waals surface area (Å²) in [6.07, 6.45) is 9.64. The molecule has 2 heterocycles. The van der Waals surface area contributed by atoms with E-state index in [2.05, 4.69) is 21.3 Å². The van der Waals surface area contributed by atoms with Crippen LogP contribution in [0.5, 0.6) is 5.75 Å². The molecule has 21 nitrogen and oxygen atoms in total. The van der Waals surface area contributed by atoms with Crippen LogP contribution in [0.2, 0.25) is 5.02 Å². The number of benzene rings is 2. The summed E-state index contributed by atoms with van der Waals surface area (Å²) in [6, 6.07) is 5.07. The molecular weight excluding hydrogens is 1150 g/mol. The number of nitrogens with zero attached hydrogens (tertiary/aromatic N) is 1. The third kappa shape index (κ3) is 19.7. The number of epoxide rings is 1. The number of hydrogen-bond donors (Lipinski definition) is 6. The first-order valence-corrected chi connectivity index (χ1v) is 31.2. The van der Waals surface area contributed by atoms with E-state index in [1.165, 1.54) is 51.2 Å². The summed E-state index contributed by atoms with van der Waals surface area (Å²) in [5, 5.41) is 23.5. The fourth-order valence-electron chi connectivity index (χ4n) is 11.5. The molecule has 3 fully saturated rings. The van der Waals surface area contributed by atoms with Crippen LogP contribution in [0, 0.1) is 23.7 Å². The van der Waals surface area contributed by atoms with E-state index in [1.54, 1.807) is 40.2 Å². The van der Waals surface area contributed by atoms with E-state index in [9.17, 15) is 48.3 Å². The highest BCUT2D eigenvalue weighted by Crippen LogP contribution is 2.48. The van der Waals surface area contributed by atoms with Gasteiger partial charge in [0.15, 0.2) is 5.78 Å². The third-order valence-electron chi connectivity index (χ3n) is 17.8. The molecule has 0 spiro atoms. The van der Waals surface area contributed by atoms with Gasteiger partial charge >= 0.3 is 18.0 Å². The van der Waals surface area contributed by atoms with Gasteiger partial charge in [0.1, 0.15) is 57.9 Å². The average molecular weight is 1250 g/mol. The van der Waals surface area contributed by atoms with E-state index >= 15 is 0 Å². The number of methoxy groups -OCH3 is 2. The zero-order valence-corrected chi connectivity index (χ0v) is 54.2. The fourth-order valence-corrected chi connectivity index (χ4v) is 11.8. The second-order valence-electron chi connectivity index (χ2n) is 24.6. The fraction of sp³-hybridized carbons (Fsp3) is 0.621. The maximum absolute atomic E-state index is 14.2. The normalized spacial score (nSPS) is 21.4. The predicted octanol–water partition coefficient (Wildman–Crippen LogP) is 8.12. The van der Waals surface area contributed by atoms with Crippen LogP contribution in [0.3, 0.4) is 0 Å². The second kappa shape index (κ2) is 33.2. The summed E-state index contributed by atoms with van der Waals surface area (Å²) in [4.78, 5) is 121. The molecule has 22 heteroatoms. The number of nitrogens with one attached hydrogen (secondary N) is 4. The number of unbranched alkanes of at least 4 members (excludes halogenated alkanes) is 3. The molecule has 2 aromatic carbocycles. The lowest BCUT2D eigenvalue weighted by atomic mass is 9.79. The maximum Gasteiger partial charge on any atom is 0.328 e. The second-order valence-corrected chi connectivity index (χ2v) is 25.0. The van der Waals surface area contributed by atoms with Crippen LogP contribution in [-0.4, -0.2) is 153 Å². The van der Waals surface area contributed by atoms with Gasteiger partial charge in [-0.2, -0.15) is 0 Å². The van der Waals surface area contributed by atoms with E-state index in [0.717, 1.165) is 55.3 Å². The van der Waals surface area contributed by atoms with E-state index < -0.39 is 101 Å². The van der Waals surface area contributed by atoms with Gasteiger partial charge in [0.05, 0.1) is 31.4 Å². The van der Waals surface area contributed by atoms with Gasteiger partial charge in [-0.15, -0.1) is 0 Å². The third-order valence-corrected chi connectivity index (χ3v) is 18.1. The molecule has 0 bridgehead atoms. The molecule has 2 aromatic rings. The van der Waals surface area contributed by atoms with Crippen LogP contribution in [0.4, 0.5) is 10.5 Å². The number of likely N-dealkylation sites (N-methyl/N-ethyl adjacent to an activating group) is 1. The number of ketones is 3. The molecular formula is C66H95ClN6O15. The number of allylic oxidation sites excluding steroid dienone is 3. The number of primary amides is 1. The molecule has 10 atom stereocenters. The van der Waals surface area contributed by atoms with Crippen molar-refractivity contribution < 1.29 is 71.9 Å². The molecule has 1 saturated carbocycles. The monoisotopic (exact) mass is 1250 g/mol. The number of anilines is 1. The first-order chi connectivity index (χ1) is 41.6. The molecule has 7 N–H and O–H groups in total. The molecule has 0 radical (unpaired) electrons. The Morgan fingerprint density at radius 1 is 0.943 bits per heavy atom. The Bertz CT molecular complexity index is 2870. The van der Waals surface area contributed by atoms with Crippen LogP contribution >= 0.6 is 11.6 Å². The Morgan fingerprint density at radius 3 is 2.25 bits per heavy atom. The Morgan fingerprint density at radius 2 is 1.64 bits per heavy atom. The number of nitrogens with two attached hydrogens (primary N) is 1. The molecule has 0 aromatic heterocycles. The Hall–Kier alpha value is -6.68. The molecule has 2 aliphatic heterocycles. The largest absolute Gasteiger partial charge is 0.495 e. The first-order valence-electron chi connectivity index (χ1n) is 30.9. The number of hydrogen-bond acceptors (Lipinski definition) is 16. The van der Waals surface area contributed by atoms with Gasteiger partial charge in [-0.1, -0.05) is 81.5 Å². The number of carbonyl (C=O) groups is 9. The zero-order valence-electron chi connectivity index (χ0n) is 53.5. The van der Waals surface area contributed by atoms with Crippen molar-refractivity contribution in [2.24, 2.45) is 29.4 Å². The van der Waals surface area contributed by atoms with E-state index in [1.807, 2.05) is 45.9 Å². The minimum Gasteiger partial charge on any atom is -0.495 e. The van der Waals surface area contributed by atoms with Crippen molar-refractivity contribution in [1.82, 2.24) is 20.9 Å². The van der Waals surface area contributed by atoms with E-state index in [4.69, 9.17) is 41.0 Å². The van der Waals surface area contributed by atoms with Gasteiger partial charge in [-0.25, -0.2) is 9.59 Å². The number of halogens is 1. The number of ether oxygens (including phenoxy) is 5. The van der Waals surface area contributed by atoms with Gasteiger partial charge < -0.3 is 60.7 Å². The minimum atomic E-state index is -1.63. The molecule has 1 aliphatic carbocycles. The van der Waals surface area contributed by atoms with Crippen molar-refractivity contribution in [2.45, 2.75) is 199 Å². The highest BCUT2D eigenvalue weighted by atomic mass is 35.5. The average Bonchev–Trinajstić information content (AvgIpc) is 1.59. The number of Topliss-reactive ketones (excluding diaryl/α,β-unsaturated/α-hetero) is 3. The first kappa shape index (κ1) is 72.1. The number of esters is 2. The summed E-state index contributed by atoms with van der Waals surface area (Å²) >= 11 is 6.42. The quantitative estimate of drug-likeness (QED) is 0.0162. The maximum atomic E-state index is 14.2. The smallest absolute Gasteiger partial charge is 0.328 e. The van der Waals surface area contributed by atoms with Crippen LogP contribution in [0.25, 0.3) is 0 Å². The summed E-state index contributed by atoms with van der Waals surface area (Å²) in [6.45, 7) is 12.5. The van der Waals surface area contributed by atoms with Gasteiger partial charge in [0.25, 0.3) is 11.8 Å². The molecule has 88 heavy (non-hydrogen) atoms. The van der Waals surface area contributed by atoms with E-state index in [-0.39, 0.29) is 79.4 Å². The zero-order chi connectivity index (χ0) is 65.2. The number of rotatable bonds is 36.